The van der Waals surface area contributed by atoms with Crippen molar-refractivity contribution in [2.24, 2.45) is 5.92 Å². The normalized spacial score (nSPS) is 16.1. The molecule has 2 rings (SSSR count). The van der Waals surface area contributed by atoms with Crippen LogP contribution in [0.15, 0.2) is 12.3 Å². The average molecular weight is 246 g/mol. The fourth-order valence-corrected chi connectivity index (χ4v) is 1.95. The third-order valence-electron chi connectivity index (χ3n) is 3.01. The minimum atomic E-state index is -0.538. The molecule has 0 bridgehead atoms. The van der Waals surface area contributed by atoms with Crippen LogP contribution in [0, 0.1) is 17.2 Å². The third-order valence-corrected chi connectivity index (χ3v) is 3.01. The van der Waals surface area contributed by atoms with Crippen molar-refractivity contribution in [1.82, 2.24) is 9.97 Å². The van der Waals surface area contributed by atoms with E-state index < -0.39 is 5.97 Å². The Kier molecular flexibility index (Phi) is 3.72. The maximum absolute atomic E-state index is 11.3. The van der Waals surface area contributed by atoms with Gasteiger partial charge in [-0.15, -0.1) is 0 Å². The maximum atomic E-state index is 11.3. The summed E-state index contributed by atoms with van der Waals surface area (Å²) in [5, 5.41) is 8.84. The predicted molar refractivity (Wildman–Crippen MR) is 63.9 cm³/mol. The molecule has 0 aromatic carbocycles. The Balaban J connectivity index is 2.10. The van der Waals surface area contributed by atoms with Crippen LogP contribution < -0.4 is 4.90 Å². The topological polar surface area (TPSA) is 79.1 Å². The summed E-state index contributed by atoms with van der Waals surface area (Å²) in [5.41, 5.74) is 0. The minimum Gasteiger partial charge on any atom is -0.463 e. The van der Waals surface area contributed by atoms with Crippen molar-refractivity contribution < 1.29 is 9.53 Å². The van der Waals surface area contributed by atoms with Gasteiger partial charge in [-0.05, 0) is 18.9 Å². The molecule has 6 heteroatoms. The molecule has 1 aromatic rings. The predicted octanol–water partition coefficient (Wildman–Crippen LogP) is 1.00. The number of esters is 1. The van der Waals surface area contributed by atoms with Gasteiger partial charge in [0.1, 0.15) is 5.82 Å². The average Bonchev–Trinajstić information content (AvgIpc) is 2.46. The van der Waals surface area contributed by atoms with Gasteiger partial charge in [0.05, 0.1) is 13.2 Å². The van der Waals surface area contributed by atoms with Gasteiger partial charge >= 0.3 is 5.97 Å². The first kappa shape index (κ1) is 12.3. The number of nitriles is 1. The number of carbonyl (C=O) groups is 1. The van der Waals surface area contributed by atoms with Crippen LogP contribution in [0.2, 0.25) is 0 Å². The highest BCUT2D eigenvalue weighted by Crippen LogP contribution is 2.20. The molecule has 1 aliphatic heterocycles. The molecule has 6 nitrogen and oxygen atoms in total. The van der Waals surface area contributed by atoms with Crippen LogP contribution in [-0.2, 0) is 4.74 Å². The summed E-state index contributed by atoms with van der Waals surface area (Å²) in [4.78, 5) is 21.4. The fraction of sp³-hybridized carbons (Fsp3) is 0.500. The maximum Gasteiger partial charge on any atom is 0.376 e. The van der Waals surface area contributed by atoms with Gasteiger partial charge in [-0.3, -0.25) is 0 Å². The highest BCUT2D eigenvalue weighted by molar-refractivity contribution is 5.85. The number of methoxy groups -OCH3 is 1. The van der Waals surface area contributed by atoms with Gasteiger partial charge in [-0.1, -0.05) is 0 Å². The number of ether oxygens (including phenoxy) is 1. The Morgan fingerprint density at radius 3 is 2.89 bits per heavy atom. The number of aromatic nitrogens is 2. The van der Waals surface area contributed by atoms with Crippen molar-refractivity contribution in [3.8, 4) is 6.07 Å². The highest BCUT2D eigenvalue weighted by atomic mass is 16.5. The first-order valence-electron chi connectivity index (χ1n) is 5.80. The second-order valence-electron chi connectivity index (χ2n) is 4.12. The van der Waals surface area contributed by atoms with Crippen molar-refractivity contribution in [2.75, 3.05) is 25.1 Å². The van der Waals surface area contributed by atoms with Gasteiger partial charge in [0, 0.05) is 25.2 Å². The van der Waals surface area contributed by atoms with Crippen LogP contribution in [0.5, 0.6) is 0 Å². The molecule has 1 fully saturated rings. The Morgan fingerprint density at radius 1 is 1.56 bits per heavy atom. The van der Waals surface area contributed by atoms with E-state index in [0.717, 1.165) is 25.9 Å². The van der Waals surface area contributed by atoms with E-state index in [1.165, 1.54) is 7.11 Å². The Bertz CT molecular complexity index is 475. The molecule has 0 amide bonds. The van der Waals surface area contributed by atoms with E-state index in [9.17, 15) is 4.79 Å². The number of hydrogen-bond acceptors (Lipinski definition) is 6. The summed E-state index contributed by atoms with van der Waals surface area (Å²) in [6, 6.07) is 4.04. The lowest BCUT2D eigenvalue weighted by Gasteiger charge is -2.29. The van der Waals surface area contributed by atoms with Gasteiger partial charge in [0.25, 0.3) is 0 Å². The lowest BCUT2D eigenvalue weighted by Crippen LogP contribution is -2.34. The van der Waals surface area contributed by atoms with Crippen LogP contribution in [0.3, 0.4) is 0 Å². The number of anilines is 1. The number of hydrogen-bond donors (Lipinski definition) is 0. The molecule has 1 aromatic heterocycles. The van der Waals surface area contributed by atoms with Crippen LogP contribution in [0.1, 0.15) is 23.5 Å². The van der Waals surface area contributed by atoms with E-state index in [-0.39, 0.29) is 11.7 Å². The fourth-order valence-electron chi connectivity index (χ4n) is 1.95. The van der Waals surface area contributed by atoms with Gasteiger partial charge < -0.3 is 9.64 Å². The zero-order valence-electron chi connectivity index (χ0n) is 10.2. The molecular weight excluding hydrogens is 232 g/mol. The highest BCUT2D eigenvalue weighted by Gasteiger charge is 2.20. The largest absolute Gasteiger partial charge is 0.463 e. The van der Waals surface area contributed by atoms with Crippen molar-refractivity contribution in [3.63, 3.8) is 0 Å². The molecule has 0 atom stereocenters. The third kappa shape index (κ3) is 2.56. The van der Waals surface area contributed by atoms with Crippen LogP contribution in [0.25, 0.3) is 0 Å². The van der Waals surface area contributed by atoms with Crippen LogP contribution in [0.4, 0.5) is 5.82 Å². The zero-order chi connectivity index (χ0) is 13.0. The molecule has 0 radical (unpaired) electrons. The lowest BCUT2D eigenvalue weighted by atomic mass is 9.99. The van der Waals surface area contributed by atoms with E-state index in [4.69, 9.17) is 5.26 Å². The summed E-state index contributed by atoms with van der Waals surface area (Å²) >= 11 is 0. The smallest absolute Gasteiger partial charge is 0.376 e. The van der Waals surface area contributed by atoms with Crippen molar-refractivity contribution in [2.45, 2.75) is 12.8 Å². The standard InChI is InChI=1S/C12H14N4O2/c1-18-12(17)11-14-5-2-10(15-11)16-6-3-9(8-13)4-7-16/h2,5,9H,3-4,6-7H2,1H3. The number of piperidine rings is 1. The summed E-state index contributed by atoms with van der Waals surface area (Å²) < 4.78 is 4.59. The lowest BCUT2D eigenvalue weighted by molar-refractivity contribution is 0.0586. The molecule has 18 heavy (non-hydrogen) atoms. The van der Waals surface area contributed by atoms with Gasteiger partial charge in [-0.25, -0.2) is 14.8 Å². The zero-order valence-corrected chi connectivity index (χ0v) is 10.2. The molecule has 0 unspecified atom stereocenters. The number of carbonyl (C=O) groups excluding carboxylic acids is 1. The van der Waals surface area contributed by atoms with Crippen LogP contribution >= 0.6 is 0 Å². The molecule has 94 valence electrons. The number of rotatable bonds is 2. The molecular formula is C12H14N4O2. The molecule has 0 N–H and O–H groups in total. The second-order valence-corrected chi connectivity index (χ2v) is 4.12. The van der Waals surface area contributed by atoms with Crippen molar-refractivity contribution in [1.29, 1.82) is 5.26 Å². The van der Waals surface area contributed by atoms with Crippen molar-refractivity contribution in [3.05, 3.63) is 18.1 Å². The monoisotopic (exact) mass is 246 g/mol. The molecule has 1 aliphatic rings. The molecule has 1 saturated heterocycles. The molecule has 0 spiro atoms. The van der Waals surface area contributed by atoms with E-state index in [1.54, 1.807) is 12.3 Å². The second kappa shape index (κ2) is 5.45. The quantitative estimate of drug-likeness (QED) is 0.724. The Morgan fingerprint density at radius 2 is 2.28 bits per heavy atom. The molecule has 0 aliphatic carbocycles. The summed E-state index contributed by atoms with van der Waals surface area (Å²) in [6.07, 6.45) is 3.20. The van der Waals surface area contributed by atoms with E-state index in [0.29, 0.717) is 5.82 Å². The van der Waals surface area contributed by atoms with E-state index in [1.807, 2.05) is 0 Å². The van der Waals surface area contributed by atoms with Gasteiger partial charge in [0.15, 0.2) is 0 Å². The van der Waals surface area contributed by atoms with Crippen molar-refractivity contribution >= 4 is 11.8 Å². The Hall–Kier alpha value is -2.16. The summed E-state index contributed by atoms with van der Waals surface area (Å²) in [5.74, 6) is 0.367. The van der Waals surface area contributed by atoms with Gasteiger partial charge in [-0.2, -0.15) is 5.26 Å². The molecule has 2 heterocycles. The summed E-state index contributed by atoms with van der Waals surface area (Å²) in [7, 11) is 1.30. The minimum absolute atomic E-state index is 0.0670. The van der Waals surface area contributed by atoms with Gasteiger partial charge in [0.2, 0.25) is 5.82 Å². The first-order chi connectivity index (χ1) is 8.74. The Labute approximate surface area is 105 Å². The van der Waals surface area contributed by atoms with E-state index >= 15 is 0 Å². The summed E-state index contributed by atoms with van der Waals surface area (Å²) in [6.45, 7) is 1.55. The van der Waals surface area contributed by atoms with Crippen LogP contribution in [-0.4, -0.2) is 36.1 Å². The number of nitrogens with zero attached hydrogens (tertiary/aromatic N) is 4. The first-order valence-corrected chi connectivity index (χ1v) is 5.80. The SMILES string of the molecule is COC(=O)c1nccc(N2CCC(C#N)CC2)n1. The molecule has 0 saturated carbocycles. The van der Waals surface area contributed by atoms with E-state index in [2.05, 4.69) is 25.7 Å².